The van der Waals surface area contributed by atoms with Crippen molar-refractivity contribution in [1.82, 2.24) is 20.2 Å². The minimum absolute atomic E-state index is 0.127. The van der Waals surface area contributed by atoms with Gasteiger partial charge in [-0.3, -0.25) is 4.79 Å². The average Bonchev–Trinajstić information content (AvgIpc) is 3.09. The van der Waals surface area contributed by atoms with Gasteiger partial charge < -0.3 is 9.40 Å². The Labute approximate surface area is 153 Å². The molecule has 7 heteroatoms. The van der Waals surface area contributed by atoms with Gasteiger partial charge in [-0.15, -0.1) is 10.2 Å². The molecule has 1 N–H and O–H groups in total. The second-order valence-electron chi connectivity index (χ2n) is 5.85. The van der Waals surface area contributed by atoms with Gasteiger partial charge in [0.2, 0.25) is 5.89 Å². The molecular formula is C19H16N4O2S. The van der Waals surface area contributed by atoms with E-state index in [0.29, 0.717) is 34.3 Å². The van der Waals surface area contributed by atoms with Crippen LogP contribution in [0.2, 0.25) is 0 Å². The summed E-state index contributed by atoms with van der Waals surface area (Å²) in [6.07, 6.45) is 0.591. The third-order valence-corrected chi connectivity index (χ3v) is 4.88. The number of benzene rings is 2. The fraction of sp³-hybridized carbons (Fsp3) is 0.158. The number of nitrogens with zero attached hydrogens (tertiary/aromatic N) is 3. The summed E-state index contributed by atoms with van der Waals surface area (Å²) in [7, 11) is 0. The van der Waals surface area contributed by atoms with Gasteiger partial charge in [0, 0.05) is 0 Å². The van der Waals surface area contributed by atoms with Crippen molar-refractivity contribution in [3.05, 3.63) is 82.2 Å². The Hall–Kier alpha value is -2.93. The van der Waals surface area contributed by atoms with Gasteiger partial charge in [-0.05, 0) is 24.6 Å². The highest BCUT2D eigenvalue weighted by Gasteiger charge is 2.16. The van der Waals surface area contributed by atoms with Crippen molar-refractivity contribution in [1.29, 1.82) is 0 Å². The topological polar surface area (TPSA) is 84.7 Å². The minimum Gasteiger partial charge on any atom is -0.416 e. The molecule has 0 saturated heterocycles. The summed E-state index contributed by atoms with van der Waals surface area (Å²) in [5.74, 6) is 1.15. The van der Waals surface area contributed by atoms with Crippen LogP contribution >= 0.6 is 11.8 Å². The average molecular weight is 364 g/mol. The second kappa shape index (κ2) is 7.13. The van der Waals surface area contributed by atoms with Gasteiger partial charge in [-0.25, -0.2) is 4.98 Å². The summed E-state index contributed by atoms with van der Waals surface area (Å²) >= 11 is 1.37. The van der Waals surface area contributed by atoms with E-state index in [2.05, 4.69) is 20.2 Å². The highest BCUT2D eigenvalue weighted by atomic mass is 32.2. The molecule has 4 rings (SSSR count). The lowest BCUT2D eigenvalue weighted by Crippen LogP contribution is -2.12. The van der Waals surface area contributed by atoms with Gasteiger partial charge >= 0.3 is 0 Å². The summed E-state index contributed by atoms with van der Waals surface area (Å²) in [6.45, 7) is 1.94. The van der Waals surface area contributed by atoms with Gasteiger partial charge in [0.25, 0.3) is 10.8 Å². The number of fused-ring (bicyclic) bond motifs is 1. The highest BCUT2D eigenvalue weighted by Crippen LogP contribution is 2.32. The number of hydrogen-bond acceptors (Lipinski definition) is 6. The van der Waals surface area contributed by atoms with Crippen LogP contribution in [0.25, 0.3) is 10.9 Å². The highest BCUT2D eigenvalue weighted by molar-refractivity contribution is 7.99. The van der Waals surface area contributed by atoms with Crippen LogP contribution in [0.3, 0.4) is 0 Å². The fourth-order valence-corrected chi connectivity index (χ4v) is 3.39. The lowest BCUT2D eigenvalue weighted by molar-refractivity contribution is 0.419. The van der Waals surface area contributed by atoms with Crippen LogP contribution in [0.15, 0.2) is 69.0 Å². The Morgan fingerprint density at radius 1 is 1.08 bits per heavy atom. The third kappa shape index (κ3) is 3.52. The molecular weight excluding hydrogens is 348 g/mol. The van der Waals surface area contributed by atoms with E-state index < -0.39 is 0 Å². The number of aromatic amines is 1. The SMILES string of the molecule is CC(Sc1nnc(Cc2ccccc2)o1)c1nc2ccccc2c(=O)[nH]1. The number of thioether (sulfide) groups is 1. The number of aromatic nitrogens is 4. The van der Waals surface area contributed by atoms with Crippen molar-refractivity contribution in [2.24, 2.45) is 0 Å². The normalized spacial score (nSPS) is 12.3. The third-order valence-electron chi connectivity index (χ3n) is 3.94. The van der Waals surface area contributed by atoms with Crippen molar-refractivity contribution in [2.75, 3.05) is 0 Å². The number of para-hydroxylation sites is 1. The van der Waals surface area contributed by atoms with E-state index in [1.807, 2.05) is 55.5 Å². The first-order valence-electron chi connectivity index (χ1n) is 8.21. The number of hydrogen-bond donors (Lipinski definition) is 1. The maximum Gasteiger partial charge on any atom is 0.277 e. The number of nitrogens with one attached hydrogen (secondary N) is 1. The molecule has 1 unspecified atom stereocenters. The summed E-state index contributed by atoms with van der Waals surface area (Å²) in [5, 5.41) is 9.10. The van der Waals surface area contributed by atoms with Gasteiger partial charge in [0.15, 0.2) is 0 Å². The molecule has 0 saturated carbocycles. The molecule has 0 aliphatic carbocycles. The van der Waals surface area contributed by atoms with Crippen molar-refractivity contribution < 1.29 is 4.42 Å². The largest absolute Gasteiger partial charge is 0.416 e. The van der Waals surface area contributed by atoms with Crippen LogP contribution in [0.1, 0.15) is 29.5 Å². The monoisotopic (exact) mass is 364 g/mol. The number of rotatable bonds is 5. The standard InChI is InChI=1S/C19H16N4O2S/c1-12(17-20-15-10-6-5-9-14(15)18(24)21-17)26-19-23-22-16(25-19)11-13-7-3-2-4-8-13/h2-10,12H,11H2,1H3,(H,20,21,24). The van der Waals surface area contributed by atoms with E-state index in [1.165, 1.54) is 11.8 Å². The van der Waals surface area contributed by atoms with Crippen molar-refractivity contribution in [2.45, 2.75) is 23.8 Å². The Balaban J connectivity index is 1.52. The van der Waals surface area contributed by atoms with E-state index in [9.17, 15) is 4.79 Å². The molecule has 26 heavy (non-hydrogen) atoms. The van der Waals surface area contributed by atoms with Crippen molar-refractivity contribution >= 4 is 22.7 Å². The van der Waals surface area contributed by atoms with E-state index in [1.54, 1.807) is 6.07 Å². The first-order chi connectivity index (χ1) is 12.7. The molecule has 2 aromatic heterocycles. The molecule has 6 nitrogen and oxygen atoms in total. The van der Waals surface area contributed by atoms with Crippen LogP contribution in [-0.4, -0.2) is 20.2 Å². The van der Waals surface area contributed by atoms with Crippen LogP contribution in [-0.2, 0) is 6.42 Å². The Morgan fingerprint density at radius 2 is 1.85 bits per heavy atom. The summed E-state index contributed by atoms with van der Waals surface area (Å²) in [6, 6.07) is 17.2. The molecule has 1 atom stereocenters. The van der Waals surface area contributed by atoms with Gasteiger partial charge in [-0.1, -0.05) is 54.2 Å². The molecule has 0 amide bonds. The lowest BCUT2D eigenvalue weighted by Gasteiger charge is -2.08. The molecule has 0 spiro atoms. The van der Waals surface area contributed by atoms with E-state index in [0.717, 1.165) is 5.56 Å². The first-order valence-corrected chi connectivity index (χ1v) is 9.09. The van der Waals surface area contributed by atoms with E-state index in [4.69, 9.17) is 4.42 Å². The molecule has 0 aliphatic heterocycles. The van der Waals surface area contributed by atoms with Crippen LogP contribution in [0.4, 0.5) is 0 Å². The zero-order valence-corrected chi connectivity index (χ0v) is 14.9. The van der Waals surface area contributed by atoms with E-state index in [-0.39, 0.29) is 10.8 Å². The summed E-state index contributed by atoms with van der Waals surface area (Å²) in [4.78, 5) is 19.6. The molecule has 0 radical (unpaired) electrons. The zero-order chi connectivity index (χ0) is 17.9. The van der Waals surface area contributed by atoms with Gasteiger partial charge in [0.05, 0.1) is 22.6 Å². The molecule has 130 valence electrons. The summed E-state index contributed by atoms with van der Waals surface area (Å²) in [5.41, 5.74) is 1.64. The molecule has 4 aromatic rings. The Kier molecular flexibility index (Phi) is 4.53. The minimum atomic E-state index is -0.145. The second-order valence-corrected chi connectivity index (χ2v) is 7.14. The predicted molar refractivity (Wildman–Crippen MR) is 100 cm³/mol. The maximum atomic E-state index is 12.2. The van der Waals surface area contributed by atoms with Crippen LogP contribution in [0.5, 0.6) is 0 Å². The van der Waals surface area contributed by atoms with Gasteiger partial charge in [0.1, 0.15) is 5.82 Å². The van der Waals surface area contributed by atoms with Crippen molar-refractivity contribution in [3.63, 3.8) is 0 Å². The Morgan fingerprint density at radius 3 is 2.69 bits per heavy atom. The van der Waals surface area contributed by atoms with Crippen LogP contribution in [0, 0.1) is 0 Å². The molecule has 2 heterocycles. The molecule has 2 aromatic carbocycles. The number of H-pyrrole nitrogens is 1. The predicted octanol–water partition coefficient (Wildman–Crippen LogP) is 3.75. The van der Waals surface area contributed by atoms with Crippen molar-refractivity contribution in [3.8, 4) is 0 Å². The van der Waals surface area contributed by atoms with E-state index >= 15 is 0 Å². The first kappa shape index (κ1) is 16.5. The van der Waals surface area contributed by atoms with Crippen LogP contribution < -0.4 is 5.56 Å². The Bertz CT molecular complexity index is 1090. The lowest BCUT2D eigenvalue weighted by atomic mass is 10.2. The molecule has 0 aliphatic rings. The maximum absolute atomic E-state index is 12.2. The molecule has 0 fully saturated rings. The summed E-state index contributed by atoms with van der Waals surface area (Å²) < 4.78 is 5.72. The zero-order valence-electron chi connectivity index (χ0n) is 14.0. The fourth-order valence-electron chi connectivity index (χ4n) is 2.63. The quantitative estimate of drug-likeness (QED) is 0.543. The smallest absolute Gasteiger partial charge is 0.277 e. The van der Waals surface area contributed by atoms with Gasteiger partial charge in [-0.2, -0.15) is 0 Å². The molecule has 0 bridgehead atoms.